The summed E-state index contributed by atoms with van der Waals surface area (Å²) in [5.74, 6) is 0.387. The van der Waals surface area contributed by atoms with Crippen LogP contribution >= 0.6 is 0 Å². The fourth-order valence-electron chi connectivity index (χ4n) is 1.95. The molecule has 0 saturated heterocycles. The molecule has 1 fully saturated rings. The topological polar surface area (TPSA) is 82.3 Å². The van der Waals surface area contributed by atoms with Gasteiger partial charge in [-0.25, -0.2) is 9.59 Å². The van der Waals surface area contributed by atoms with Crippen LogP contribution < -0.4 is 21.3 Å². The first-order chi connectivity index (χ1) is 10.9. The summed E-state index contributed by atoms with van der Waals surface area (Å²) in [7, 11) is 0. The van der Waals surface area contributed by atoms with Crippen molar-refractivity contribution in [1.82, 2.24) is 16.0 Å². The molecular weight excluding hydrogens is 292 g/mol. The lowest BCUT2D eigenvalue weighted by molar-refractivity contribution is 0.234. The Balaban J connectivity index is 1.79. The summed E-state index contributed by atoms with van der Waals surface area (Å²) in [5, 5.41) is 11.4. The van der Waals surface area contributed by atoms with E-state index in [0.29, 0.717) is 18.5 Å². The Morgan fingerprint density at radius 3 is 2.57 bits per heavy atom. The Morgan fingerprint density at radius 2 is 1.91 bits per heavy atom. The van der Waals surface area contributed by atoms with Crippen LogP contribution in [0.25, 0.3) is 0 Å². The molecule has 1 aliphatic rings. The summed E-state index contributed by atoms with van der Waals surface area (Å²) in [4.78, 5) is 23.5. The van der Waals surface area contributed by atoms with Crippen LogP contribution in [0, 0.1) is 5.92 Å². The number of nitrogens with one attached hydrogen (secondary N) is 4. The van der Waals surface area contributed by atoms with Crippen molar-refractivity contribution in [2.24, 2.45) is 5.92 Å². The van der Waals surface area contributed by atoms with Crippen molar-refractivity contribution < 1.29 is 9.59 Å². The van der Waals surface area contributed by atoms with Crippen molar-refractivity contribution in [3.8, 4) is 0 Å². The monoisotopic (exact) mass is 318 g/mol. The first-order valence-electron chi connectivity index (χ1n) is 8.15. The van der Waals surface area contributed by atoms with Gasteiger partial charge in [0.15, 0.2) is 0 Å². The lowest BCUT2D eigenvalue weighted by Gasteiger charge is -2.18. The number of carbonyl (C=O) groups is 2. The number of urea groups is 2. The van der Waals surface area contributed by atoms with E-state index in [0.717, 1.165) is 24.1 Å². The minimum Gasteiger partial charge on any atom is -0.335 e. The maximum Gasteiger partial charge on any atom is 0.319 e. The number of carbonyl (C=O) groups excluding carboxylic acids is 2. The summed E-state index contributed by atoms with van der Waals surface area (Å²) < 4.78 is 0. The van der Waals surface area contributed by atoms with Crippen molar-refractivity contribution in [2.75, 3.05) is 5.32 Å². The number of hydrogen-bond donors (Lipinski definition) is 4. The average molecular weight is 318 g/mol. The van der Waals surface area contributed by atoms with E-state index < -0.39 is 0 Å². The Kier molecular flexibility index (Phi) is 5.84. The van der Waals surface area contributed by atoms with Gasteiger partial charge in [0.25, 0.3) is 0 Å². The number of hydrogen-bond acceptors (Lipinski definition) is 2. The molecule has 1 aromatic carbocycles. The molecular formula is C17H26N4O2. The maximum atomic E-state index is 11.8. The minimum atomic E-state index is -0.184. The van der Waals surface area contributed by atoms with Crippen molar-refractivity contribution >= 4 is 17.7 Å². The first-order valence-corrected chi connectivity index (χ1v) is 8.15. The smallest absolute Gasteiger partial charge is 0.319 e. The quantitative estimate of drug-likeness (QED) is 0.650. The summed E-state index contributed by atoms with van der Waals surface area (Å²) in [6.45, 7) is 6.52. The van der Waals surface area contributed by atoms with Gasteiger partial charge in [-0.05, 0) is 43.4 Å². The number of anilines is 1. The van der Waals surface area contributed by atoms with Crippen molar-refractivity contribution in [3.63, 3.8) is 0 Å². The molecule has 0 aromatic heterocycles. The zero-order valence-electron chi connectivity index (χ0n) is 14.0. The molecule has 23 heavy (non-hydrogen) atoms. The maximum absolute atomic E-state index is 11.8. The number of rotatable bonds is 6. The van der Waals surface area contributed by atoms with Gasteiger partial charge >= 0.3 is 12.1 Å². The van der Waals surface area contributed by atoms with E-state index in [1.807, 2.05) is 31.2 Å². The Hall–Kier alpha value is -2.24. The molecule has 0 heterocycles. The van der Waals surface area contributed by atoms with E-state index in [1.165, 1.54) is 0 Å². The fraction of sp³-hybridized carbons (Fsp3) is 0.529. The molecule has 126 valence electrons. The van der Waals surface area contributed by atoms with Crippen LogP contribution in [0.15, 0.2) is 24.3 Å². The molecule has 0 aliphatic heterocycles. The first kappa shape index (κ1) is 17.1. The summed E-state index contributed by atoms with van der Waals surface area (Å²) in [6.07, 6.45) is 2.11. The van der Waals surface area contributed by atoms with Crippen LogP contribution in [0.4, 0.5) is 15.3 Å². The molecule has 1 aliphatic carbocycles. The van der Waals surface area contributed by atoms with Gasteiger partial charge in [-0.2, -0.15) is 0 Å². The standard InChI is InChI=1S/C17H26N4O2/c1-11(2)12(3)19-16(22)18-10-13-5-4-6-15(9-13)21-17(23)20-14-7-8-14/h4-6,9,11-12,14H,7-8,10H2,1-3H3,(H2,18,19,22)(H2,20,21,23)/t12-/m1/s1. The normalized spacial score (nSPS) is 15.0. The molecule has 4 N–H and O–H groups in total. The number of amides is 4. The summed E-state index contributed by atoms with van der Waals surface area (Å²) in [5.41, 5.74) is 1.65. The van der Waals surface area contributed by atoms with E-state index >= 15 is 0 Å². The summed E-state index contributed by atoms with van der Waals surface area (Å²) >= 11 is 0. The average Bonchev–Trinajstić information content (AvgIpc) is 3.29. The zero-order chi connectivity index (χ0) is 16.8. The largest absolute Gasteiger partial charge is 0.335 e. The highest BCUT2D eigenvalue weighted by atomic mass is 16.2. The Bertz CT molecular complexity index is 555. The third-order valence-electron chi connectivity index (χ3n) is 3.91. The lowest BCUT2D eigenvalue weighted by atomic mass is 10.1. The lowest BCUT2D eigenvalue weighted by Crippen LogP contribution is -2.42. The minimum absolute atomic E-state index is 0.120. The number of benzene rings is 1. The SMILES string of the molecule is CC(C)[C@@H](C)NC(=O)NCc1cccc(NC(=O)NC2CC2)c1. The molecule has 6 nitrogen and oxygen atoms in total. The molecule has 0 spiro atoms. The van der Waals surface area contributed by atoms with Crippen LogP contribution in [0.2, 0.25) is 0 Å². The van der Waals surface area contributed by atoms with Crippen LogP contribution in [-0.4, -0.2) is 24.1 Å². The molecule has 1 aromatic rings. The van der Waals surface area contributed by atoms with E-state index in [2.05, 4.69) is 35.1 Å². The van der Waals surface area contributed by atoms with Crippen LogP contribution in [-0.2, 0) is 6.54 Å². The second-order valence-corrected chi connectivity index (χ2v) is 6.43. The Morgan fingerprint density at radius 1 is 1.17 bits per heavy atom. The zero-order valence-corrected chi connectivity index (χ0v) is 14.0. The molecule has 1 saturated carbocycles. The third-order valence-corrected chi connectivity index (χ3v) is 3.91. The fourth-order valence-corrected chi connectivity index (χ4v) is 1.95. The predicted octanol–water partition coefficient (Wildman–Crippen LogP) is 2.81. The third kappa shape index (κ3) is 6.18. The van der Waals surface area contributed by atoms with Gasteiger partial charge in [0, 0.05) is 24.3 Å². The van der Waals surface area contributed by atoms with Crippen LogP contribution in [0.3, 0.4) is 0 Å². The van der Waals surface area contributed by atoms with E-state index in [4.69, 9.17) is 0 Å². The van der Waals surface area contributed by atoms with Crippen LogP contribution in [0.5, 0.6) is 0 Å². The molecule has 0 radical (unpaired) electrons. The van der Waals surface area contributed by atoms with E-state index in [1.54, 1.807) is 0 Å². The van der Waals surface area contributed by atoms with E-state index in [9.17, 15) is 9.59 Å². The highest BCUT2D eigenvalue weighted by Gasteiger charge is 2.23. The molecule has 0 unspecified atom stereocenters. The second kappa shape index (κ2) is 7.85. The molecule has 0 bridgehead atoms. The van der Waals surface area contributed by atoms with Gasteiger partial charge in [0.05, 0.1) is 0 Å². The van der Waals surface area contributed by atoms with Crippen molar-refractivity contribution in [1.29, 1.82) is 0 Å². The van der Waals surface area contributed by atoms with Gasteiger partial charge in [-0.1, -0.05) is 26.0 Å². The predicted molar refractivity (Wildman–Crippen MR) is 91.3 cm³/mol. The molecule has 6 heteroatoms. The summed E-state index contributed by atoms with van der Waals surface area (Å²) in [6, 6.07) is 7.54. The van der Waals surface area contributed by atoms with Gasteiger partial charge in [-0.3, -0.25) is 0 Å². The van der Waals surface area contributed by atoms with Crippen LogP contribution in [0.1, 0.15) is 39.2 Å². The molecule has 2 rings (SSSR count). The van der Waals surface area contributed by atoms with Gasteiger partial charge in [0.1, 0.15) is 0 Å². The second-order valence-electron chi connectivity index (χ2n) is 6.43. The molecule has 4 amide bonds. The van der Waals surface area contributed by atoms with Crippen molar-refractivity contribution in [3.05, 3.63) is 29.8 Å². The Labute approximate surface area is 137 Å². The van der Waals surface area contributed by atoms with Gasteiger partial charge in [0.2, 0.25) is 0 Å². The van der Waals surface area contributed by atoms with E-state index in [-0.39, 0.29) is 18.1 Å². The highest BCUT2D eigenvalue weighted by molar-refractivity contribution is 5.89. The van der Waals surface area contributed by atoms with Crippen molar-refractivity contribution in [2.45, 2.75) is 52.2 Å². The van der Waals surface area contributed by atoms with Gasteiger partial charge in [-0.15, -0.1) is 0 Å². The van der Waals surface area contributed by atoms with Gasteiger partial charge < -0.3 is 21.3 Å². The molecule has 1 atom stereocenters. The highest BCUT2D eigenvalue weighted by Crippen LogP contribution is 2.19.